The lowest BCUT2D eigenvalue weighted by Crippen LogP contribution is -2.48. The molecule has 9 heteroatoms. The number of carbonyl (C=O) groups excluding carboxylic acids is 3. The highest BCUT2D eigenvalue weighted by atomic mass is 19.3. The van der Waals surface area contributed by atoms with Crippen LogP contribution in [0, 0.1) is 11.8 Å². The fraction of sp³-hybridized carbons (Fsp3) is 0.571. The van der Waals surface area contributed by atoms with Gasteiger partial charge in [-0.25, -0.2) is 4.79 Å². The zero-order valence-corrected chi connectivity index (χ0v) is 17.3. The number of imide groups is 1. The molecule has 1 aromatic carbocycles. The molecule has 4 atom stereocenters. The Kier molecular flexibility index (Phi) is 6.28. The minimum atomic E-state index is -2.96. The lowest BCUT2D eigenvalue weighted by Gasteiger charge is -2.34. The molecule has 0 spiro atoms. The summed E-state index contributed by atoms with van der Waals surface area (Å²) in [5.74, 6) is -0.183. The Morgan fingerprint density at radius 1 is 1.27 bits per heavy atom. The van der Waals surface area contributed by atoms with Crippen LogP contribution in [-0.4, -0.2) is 41.9 Å². The second-order valence-corrected chi connectivity index (χ2v) is 8.29. The quantitative estimate of drug-likeness (QED) is 0.689. The van der Waals surface area contributed by atoms with E-state index in [0.717, 1.165) is 24.2 Å². The van der Waals surface area contributed by atoms with Crippen LogP contribution in [0.3, 0.4) is 0 Å². The number of halogens is 2. The molecule has 0 aromatic heterocycles. The second-order valence-electron chi connectivity index (χ2n) is 8.29. The maximum absolute atomic E-state index is 13.0. The van der Waals surface area contributed by atoms with Gasteiger partial charge in [-0.15, -0.1) is 0 Å². The molecule has 30 heavy (non-hydrogen) atoms. The second kappa shape index (κ2) is 8.57. The lowest BCUT2D eigenvalue weighted by molar-refractivity contribution is -0.135. The molecule has 164 valence electrons. The molecule has 1 aliphatic heterocycles. The third-order valence-electron chi connectivity index (χ3n) is 6.29. The molecule has 4 amide bonds. The van der Waals surface area contributed by atoms with E-state index in [9.17, 15) is 23.2 Å². The van der Waals surface area contributed by atoms with Gasteiger partial charge in [0.15, 0.2) is 0 Å². The van der Waals surface area contributed by atoms with E-state index in [0.29, 0.717) is 17.4 Å². The van der Waals surface area contributed by atoms with E-state index in [1.54, 1.807) is 0 Å². The highest BCUT2D eigenvalue weighted by Crippen LogP contribution is 2.31. The normalized spacial score (nSPS) is 29.1. The Hall–Kier alpha value is -2.71. The van der Waals surface area contributed by atoms with Crippen molar-refractivity contribution in [1.29, 1.82) is 0 Å². The number of nitrogens with one attached hydrogen (secondary N) is 2. The van der Waals surface area contributed by atoms with E-state index in [1.807, 2.05) is 0 Å². The number of amides is 4. The average Bonchev–Trinajstić information content (AvgIpc) is 2.89. The number of hydrogen-bond donors (Lipinski definition) is 2. The first kappa shape index (κ1) is 22.0. The van der Waals surface area contributed by atoms with Crippen LogP contribution in [0.2, 0.25) is 0 Å². The Bertz CT molecular complexity index is 817. The summed E-state index contributed by atoms with van der Waals surface area (Å²) in [6.45, 7) is 2.44. The summed E-state index contributed by atoms with van der Waals surface area (Å²) in [6.07, 6.45) is 3.03. The van der Waals surface area contributed by atoms with Gasteiger partial charge in [-0.1, -0.05) is 38.8 Å². The molecule has 1 saturated heterocycles. The van der Waals surface area contributed by atoms with Crippen LogP contribution < -0.4 is 15.4 Å². The average molecular weight is 423 g/mol. The van der Waals surface area contributed by atoms with E-state index in [-0.39, 0.29) is 24.2 Å². The SMILES string of the molecule is C[C@@H]1[C@H](C)CCC[C@@H]1NC(=O)CN1C(=O)N[C@@](C)(c2ccc(OC(F)F)cc2)C1=O. The topological polar surface area (TPSA) is 87.7 Å². The van der Waals surface area contributed by atoms with E-state index < -0.39 is 24.1 Å². The molecule has 0 unspecified atom stereocenters. The highest BCUT2D eigenvalue weighted by molar-refractivity contribution is 6.09. The number of alkyl halides is 2. The number of ether oxygens (including phenoxy) is 1. The van der Waals surface area contributed by atoms with Crippen LogP contribution in [0.4, 0.5) is 13.6 Å². The molecule has 1 heterocycles. The predicted octanol–water partition coefficient (Wildman–Crippen LogP) is 3.00. The summed E-state index contributed by atoms with van der Waals surface area (Å²) in [6, 6.07) is 4.82. The third kappa shape index (κ3) is 4.39. The van der Waals surface area contributed by atoms with E-state index in [4.69, 9.17) is 0 Å². The first-order valence-electron chi connectivity index (χ1n) is 10.1. The minimum absolute atomic E-state index is 0.0239. The van der Waals surface area contributed by atoms with Gasteiger partial charge in [0.2, 0.25) is 5.91 Å². The van der Waals surface area contributed by atoms with Gasteiger partial charge in [0.05, 0.1) is 0 Å². The van der Waals surface area contributed by atoms with E-state index in [2.05, 4.69) is 29.2 Å². The number of urea groups is 1. The fourth-order valence-corrected chi connectivity index (χ4v) is 4.19. The third-order valence-corrected chi connectivity index (χ3v) is 6.29. The van der Waals surface area contributed by atoms with Gasteiger partial charge in [-0.3, -0.25) is 14.5 Å². The van der Waals surface area contributed by atoms with Crippen molar-refractivity contribution in [2.45, 2.75) is 58.2 Å². The summed E-state index contributed by atoms with van der Waals surface area (Å²) in [5, 5.41) is 5.56. The van der Waals surface area contributed by atoms with Crippen molar-refractivity contribution in [1.82, 2.24) is 15.5 Å². The zero-order chi connectivity index (χ0) is 22.1. The van der Waals surface area contributed by atoms with Crippen LogP contribution in [0.5, 0.6) is 5.75 Å². The van der Waals surface area contributed by atoms with Crippen LogP contribution >= 0.6 is 0 Å². The monoisotopic (exact) mass is 423 g/mol. The Morgan fingerprint density at radius 3 is 2.57 bits per heavy atom. The highest BCUT2D eigenvalue weighted by Gasteiger charge is 2.49. The van der Waals surface area contributed by atoms with Crippen LogP contribution in [0.25, 0.3) is 0 Å². The van der Waals surface area contributed by atoms with Crippen LogP contribution in [0.1, 0.15) is 45.6 Å². The number of carbonyl (C=O) groups is 3. The van der Waals surface area contributed by atoms with Crippen molar-refractivity contribution in [2.24, 2.45) is 11.8 Å². The Morgan fingerprint density at radius 2 is 1.93 bits per heavy atom. The molecule has 1 saturated carbocycles. The summed E-state index contributed by atoms with van der Waals surface area (Å²) < 4.78 is 28.9. The molecule has 2 N–H and O–H groups in total. The number of nitrogens with zero attached hydrogens (tertiary/aromatic N) is 1. The van der Waals surface area contributed by atoms with Crippen molar-refractivity contribution in [2.75, 3.05) is 6.54 Å². The van der Waals surface area contributed by atoms with Crippen molar-refractivity contribution in [3.63, 3.8) is 0 Å². The molecule has 1 aliphatic carbocycles. The molecule has 7 nitrogen and oxygen atoms in total. The van der Waals surface area contributed by atoms with Crippen molar-refractivity contribution >= 4 is 17.8 Å². The predicted molar refractivity (Wildman–Crippen MR) is 105 cm³/mol. The first-order valence-corrected chi connectivity index (χ1v) is 10.1. The van der Waals surface area contributed by atoms with Gasteiger partial charge in [0, 0.05) is 6.04 Å². The number of hydrogen-bond acceptors (Lipinski definition) is 4. The van der Waals surface area contributed by atoms with Crippen molar-refractivity contribution < 1.29 is 27.9 Å². The van der Waals surface area contributed by atoms with Gasteiger partial charge in [-0.2, -0.15) is 8.78 Å². The smallest absolute Gasteiger partial charge is 0.387 e. The molecule has 3 rings (SSSR count). The van der Waals surface area contributed by atoms with Crippen LogP contribution in [-0.2, 0) is 15.1 Å². The summed E-state index contributed by atoms with van der Waals surface area (Å²) in [5.41, 5.74) is -0.993. The summed E-state index contributed by atoms with van der Waals surface area (Å²) in [4.78, 5) is 38.8. The number of benzene rings is 1. The van der Waals surface area contributed by atoms with Crippen molar-refractivity contribution in [3.05, 3.63) is 29.8 Å². The lowest BCUT2D eigenvalue weighted by atomic mass is 9.78. The maximum atomic E-state index is 13.0. The number of rotatable bonds is 6. The molecule has 2 fully saturated rings. The van der Waals surface area contributed by atoms with Gasteiger partial charge in [0.1, 0.15) is 17.8 Å². The van der Waals surface area contributed by atoms with Gasteiger partial charge >= 0.3 is 12.6 Å². The van der Waals surface area contributed by atoms with Gasteiger partial charge < -0.3 is 15.4 Å². The van der Waals surface area contributed by atoms with E-state index in [1.165, 1.54) is 31.2 Å². The summed E-state index contributed by atoms with van der Waals surface area (Å²) >= 11 is 0. The molecule has 0 bridgehead atoms. The molecule has 0 radical (unpaired) electrons. The van der Waals surface area contributed by atoms with Crippen LogP contribution in [0.15, 0.2) is 24.3 Å². The standard InChI is InChI=1S/C21H27F2N3O4/c1-12-5-4-6-16(13(12)2)24-17(27)11-26-18(28)21(3,25-20(26)29)14-7-9-15(10-8-14)30-19(22)23/h7-10,12-13,16,19H,4-6,11H2,1-3H3,(H,24,27)(H,25,29)/t12-,13-,16+,21+/m1/s1. The zero-order valence-electron chi connectivity index (χ0n) is 17.3. The molecular formula is C21H27F2N3O4. The molecular weight excluding hydrogens is 396 g/mol. The Labute approximate surface area is 174 Å². The van der Waals surface area contributed by atoms with Gasteiger partial charge in [0.25, 0.3) is 5.91 Å². The fourth-order valence-electron chi connectivity index (χ4n) is 4.19. The summed E-state index contributed by atoms with van der Waals surface area (Å²) in [7, 11) is 0. The molecule has 1 aromatic rings. The first-order chi connectivity index (χ1) is 14.1. The largest absolute Gasteiger partial charge is 0.435 e. The minimum Gasteiger partial charge on any atom is -0.435 e. The Balaban J connectivity index is 1.67. The van der Waals surface area contributed by atoms with E-state index >= 15 is 0 Å². The molecule has 2 aliphatic rings. The van der Waals surface area contributed by atoms with Crippen molar-refractivity contribution in [3.8, 4) is 5.75 Å². The maximum Gasteiger partial charge on any atom is 0.387 e. The van der Waals surface area contributed by atoms with Gasteiger partial charge in [-0.05, 0) is 42.9 Å².